The van der Waals surface area contributed by atoms with Gasteiger partial charge in [-0.1, -0.05) is 179 Å². The van der Waals surface area contributed by atoms with E-state index >= 15 is 0 Å². The largest absolute Gasteiger partial charge is 0.310 e. The van der Waals surface area contributed by atoms with Crippen LogP contribution >= 0.6 is 0 Å². The molecule has 282 valence electrons. The van der Waals surface area contributed by atoms with Gasteiger partial charge in [0.25, 0.3) is 0 Å². The first kappa shape index (κ1) is 35.2. The third-order valence-corrected chi connectivity index (χ3v) is 13.2. The van der Waals surface area contributed by atoms with E-state index in [2.05, 4.69) is 233 Å². The summed E-state index contributed by atoms with van der Waals surface area (Å²) in [7, 11) is 0. The quantitative estimate of drug-likeness (QED) is 0.163. The van der Waals surface area contributed by atoms with Crippen molar-refractivity contribution in [1.82, 2.24) is 0 Å². The zero-order valence-electron chi connectivity index (χ0n) is 34.0. The minimum atomic E-state index is -0.109. The number of benzene rings is 9. The summed E-state index contributed by atoms with van der Waals surface area (Å²) >= 11 is 0. The molecule has 11 rings (SSSR count). The van der Waals surface area contributed by atoms with Crippen LogP contribution in [-0.4, -0.2) is 0 Å². The lowest BCUT2D eigenvalue weighted by molar-refractivity contribution is 0.660. The Morgan fingerprint density at radius 1 is 0.288 bits per heavy atom. The third-order valence-electron chi connectivity index (χ3n) is 13.2. The minimum absolute atomic E-state index is 0.0421. The Morgan fingerprint density at radius 3 is 1.51 bits per heavy atom. The number of fused-ring (bicyclic) bond motifs is 7. The molecule has 2 aliphatic rings. The van der Waals surface area contributed by atoms with Crippen LogP contribution in [0.4, 0.5) is 17.1 Å². The molecule has 1 nitrogen and oxygen atoms in total. The molecule has 0 heterocycles. The second-order valence-corrected chi connectivity index (χ2v) is 17.4. The molecular formula is C58H45N. The first-order chi connectivity index (χ1) is 28.8. The van der Waals surface area contributed by atoms with Gasteiger partial charge in [-0.3, -0.25) is 0 Å². The van der Waals surface area contributed by atoms with Crippen LogP contribution in [0.15, 0.2) is 200 Å². The van der Waals surface area contributed by atoms with Crippen LogP contribution in [-0.2, 0) is 10.8 Å². The summed E-state index contributed by atoms with van der Waals surface area (Å²) in [5.41, 5.74) is 21.5. The van der Waals surface area contributed by atoms with Crippen LogP contribution < -0.4 is 4.90 Å². The van der Waals surface area contributed by atoms with Gasteiger partial charge in [0.15, 0.2) is 0 Å². The molecule has 0 fully saturated rings. The summed E-state index contributed by atoms with van der Waals surface area (Å²) in [5.74, 6) is 0. The van der Waals surface area contributed by atoms with E-state index in [0.717, 1.165) is 17.1 Å². The van der Waals surface area contributed by atoms with Crippen molar-refractivity contribution in [3.63, 3.8) is 0 Å². The number of nitrogens with zero attached hydrogens (tertiary/aromatic N) is 1. The zero-order valence-corrected chi connectivity index (χ0v) is 34.0. The molecule has 59 heavy (non-hydrogen) atoms. The smallest absolute Gasteiger partial charge is 0.0467 e. The van der Waals surface area contributed by atoms with Crippen molar-refractivity contribution < 1.29 is 0 Å². The second-order valence-electron chi connectivity index (χ2n) is 17.4. The average molecular weight is 756 g/mol. The van der Waals surface area contributed by atoms with Crippen molar-refractivity contribution in [3.05, 3.63) is 222 Å². The van der Waals surface area contributed by atoms with E-state index in [0.29, 0.717) is 0 Å². The predicted molar refractivity (Wildman–Crippen MR) is 250 cm³/mol. The topological polar surface area (TPSA) is 3.24 Å². The molecule has 0 saturated carbocycles. The van der Waals surface area contributed by atoms with E-state index < -0.39 is 0 Å². The van der Waals surface area contributed by atoms with Crippen molar-refractivity contribution >= 4 is 27.8 Å². The maximum absolute atomic E-state index is 2.41. The van der Waals surface area contributed by atoms with Crippen LogP contribution in [0.5, 0.6) is 0 Å². The molecule has 0 aliphatic heterocycles. The fraction of sp³-hybridized carbons (Fsp3) is 0.103. The number of hydrogen-bond donors (Lipinski definition) is 0. The lowest BCUT2D eigenvalue weighted by Gasteiger charge is -2.28. The number of hydrogen-bond acceptors (Lipinski definition) is 1. The highest BCUT2D eigenvalue weighted by molar-refractivity contribution is 5.91. The first-order valence-corrected chi connectivity index (χ1v) is 20.8. The van der Waals surface area contributed by atoms with Gasteiger partial charge in [-0.25, -0.2) is 0 Å². The summed E-state index contributed by atoms with van der Waals surface area (Å²) in [6.45, 7) is 9.45. The lowest BCUT2D eigenvalue weighted by atomic mass is 9.79. The fourth-order valence-electron chi connectivity index (χ4n) is 10.2. The Balaban J connectivity index is 1.00. The van der Waals surface area contributed by atoms with Crippen molar-refractivity contribution in [2.75, 3.05) is 4.90 Å². The monoisotopic (exact) mass is 755 g/mol. The zero-order chi connectivity index (χ0) is 39.9. The predicted octanol–water partition coefficient (Wildman–Crippen LogP) is 15.9. The summed E-state index contributed by atoms with van der Waals surface area (Å²) in [5, 5.41) is 2.51. The highest BCUT2D eigenvalue weighted by Gasteiger charge is 2.38. The molecule has 0 saturated heterocycles. The van der Waals surface area contributed by atoms with Gasteiger partial charge in [0.2, 0.25) is 0 Å². The average Bonchev–Trinajstić information content (AvgIpc) is 3.66. The van der Waals surface area contributed by atoms with Crippen LogP contribution in [0.2, 0.25) is 0 Å². The summed E-state index contributed by atoms with van der Waals surface area (Å²) in [4.78, 5) is 2.41. The number of rotatable bonds is 6. The second kappa shape index (κ2) is 13.3. The van der Waals surface area contributed by atoms with E-state index in [4.69, 9.17) is 0 Å². The fourth-order valence-corrected chi connectivity index (χ4v) is 10.2. The van der Waals surface area contributed by atoms with Gasteiger partial charge in [0, 0.05) is 27.9 Å². The highest BCUT2D eigenvalue weighted by Crippen LogP contribution is 2.53. The Morgan fingerprint density at radius 2 is 0.797 bits per heavy atom. The normalized spacial score (nSPS) is 14.0. The van der Waals surface area contributed by atoms with Crippen molar-refractivity contribution in [2.24, 2.45) is 0 Å². The summed E-state index contributed by atoms with van der Waals surface area (Å²) in [6, 6.07) is 74.3. The SMILES string of the molecule is CC1(C)c2ccccc2-c2ccc(-c3ccc(N(c4ccc(-c5ccc6ccccc6c5)cc4)c4cccc(-c5cccc6c5C(C)(C)c5ccccc5-6)c4)cc3)cc21. The molecule has 2 aliphatic carbocycles. The van der Waals surface area contributed by atoms with Gasteiger partial charge < -0.3 is 4.90 Å². The molecule has 9 aromatic rings. The van der Waals surface area contributed by atoms with E-state index in [9.17, 15) is 0 Å². The standard InChI is InChI=1S/C58H45N/c1-57(2)53-21-9-7-17-49(53)51-34-29-43(37-55(51)57)40-27-32-46(33-28-40)59(45-30-25-39(26-31-45)42-24-23-38-13-5-6-14-41(38)35-42)47-16-11-15-44(36-47)48-19-12-20-52-50-18-8-10-22-54(50)58(3,4)56(48)52/h5-37H,1-4H3. The third kappa shape index (κ3) is 5.60. The molecule has 0 radical (unpaired) electrons. The van der Waals surface area contributed by atoms with Gasteiger partial charge in [-0.15, -0.1) is 0 Å². The van der Waals surface area contributed by atoms with Crippen molar-refractivity contribution in [2.45, 2.75) is 38.5 Å². The Kier molecular flexibility index (Phi) is 7.94. The number of anilines is 3. The molecule has 0 unspecified atom stereocenters. The van der Waals surface area contributed by atoms with Crippen LogP contribution in [0.25, 0.3) is 66.4 Å². The van der Waals surface area contributed by atoms with E-state index in [-0.39, 0.29) is 10.8 Å². The minimum Gasteiger partial charge on any atom is -0.310 e. The van der Waals surface area contributed by atoms with Crippen LogP contribution in [0, 0.1) is 0 Å². The molecule has 0 aromatic heterocycles. The molecule has 0 N–H and O–H groups in total. The highest BCUT2D eigenvalue weighted by atomic mass is 15.1. The Labute approximate surface area is 347 Å². The van der Waals surface area contributed by atoms with Gasteiger partial charge in [0.1, 0.15) is 0 Å². The van der Waals surface area contributed by atoms with Crippen LogP contribution in [0.1, 0.15) is 49.9 Å². The van der Waals surface area contributed by atoms with Gasteiger partial charge in [0.05, 0.1) is 0 Å². The van der Waals surface area contributed by atoms with E-state index in [1.807, 2.05) is 0 Å². The molecular weight excluding hydrogens is 711 g/mol. The first-order valence-electron chi connectivity index (χ1n) is 20.8. The lowest BCUT2D eigenvalue weighted by Crippen LogP contribution is -2.16. The van der Waals surface area contributed by atoms with Gasteiger partial charge in [-0.05, 0) is 137 Å². The van der Waals surface area contributed by atoms with Crippen LogP contribution in [0.3, 0.4) is 0 Å². The molecule has 0 spiro atoms. The maximum Gasteiger partial charge on any atom is 0.0467 e. The van der Waals surface area contributed by atoms with E-state index in [1.54, 1.807) is 0 Å². The molecule has 0 atom stereocenters. The molecule has 9 aromatic carbocycles. The van der Waals surface area contributed by atoms with E-state index in [1.165, 1.54) is 88.7 Å². The Bertz CT molecular complexity index is 3090. The van der Waals surface area contributed by atoms with Crippen molar-refractivity contribution in [3.8, 4) is 55.6 Å². The van der Waals surface area contributed by atoms with Gasteiger partial charge in [-0.2, -0.15) is 0 Å². The summed E-state index contributed by atoms with van der Waals surface area (Å²) < 4.78 is 0. The molecule has 0 amide bonds. The maximum atomic E-state index is 2.41. The molecule has 1 heteroatoms. The van der Waals surface area contributed by atoms with Gasteiger partial charge >= 0.3 is 0 Å². The molecule has 0 bridgehead atoms. The van der Waals surface area contributed by atoms with Crippen molar-refractivity contribution in [1.29, 1.82) is 0 Å². The Hall–Kier alpha value is -6.96. The summed E-state index contributed by atoms with van der Waals surface area (Å²) in [6.07, 6.45) is 0.